The normalized spacial score (nSPS) is 17.0. The van der Waals surface area contributed by atoms with Crippen LogP contribution in [0.2, 0.25) is 5.02 Å². The van der Waals surface area contributed by atoms with Crippen LogP contribution in [0.1, 0.15) is 17.5 Å². The van der Waals surface area contributed by atoms with Crippen LogP contribution in [0.4, 0.5) is 15.8 Å². The van der Waals surface area contributed by atoms with Crippen LogP contribution in [0.15, 0.2) is 36.4 Å². The number of amides is 2. The van der Waals surface area contributed by atoms with Crippen LogP contribution in [-0.4, -0.2) is 18.4 Å². The average Bonchev–Trinajstić information content (AvgIpc) is 2.94. The van der Waals surface area contributed by atoms with Gasteiger partial charge in [0.25, 0.3) is 0 Å². The van der Waals surface area contributed by atoms with Crippen molar-refractivity contribution in [2.45, 2.75) is 20.3 Å². The lowest BCUT2D eigenvalue weighted by atomic mass is 10.1. The number of benzene rings is 2. The third-order valence-corrected chi connectivity index (χ3v) is 4.79. The molecule has 1 fully saturated rings. The van der Waals surface area contributed by atoms with E-state index in [1.807, 2.05) is 32.0 Å². The van der Waals surface area contributed by atoms with Gasteiger partial charge in [-0.05, 0) is 49.2 Å². The van der Waals surface area contributed by atoms with Crippen molar-refractivity contribution in [3.05, 3.63) is 58.4 Å². The van der Waals surface area contributed by atoms with Gasteiger partial charge in [-0.15, -0.1) is 0 Å². The Balaban J connectivity index is 1.75. The SMILES string of the molecule is Cc1cccc(N2C[C@H](C(=O)Nc3ccc(Cl)cc3F)CC2=O)c1C. The van der Waals surface area contributed by atoms with Crippen LogP contribution in [0.25, 0.3) is 0 Å². The molecular formula is C19H18ClFN2O2. The number of anilines is 2. The van der Waals surface area contributed by atoms with Gasteiger partial charge in [-0.25, -0.2) is 4.39 Å². The van der Waals surface area contributed by atoms with Gasteiger partial charge in [0.15, 0.2) is 0 Å². The fraction of sp³-hybridized carbons (Fsp3) is 0.263. The van der Waals surface area contributed by atoms with Crippen molar-refractivity contribution >= 4 is 34.8 Å². The molecule has 2 aromatic carbocycles. The van der Waals surface area contributed by atoms with E-state index in [9.17, 15) is 14.0 Å². The maximum atomic E-state index is 13.8. The van der Waals surface area contributed by atoms with E-state index in [4.69, 9.17) is 11.6 Å². The van der Waals surface area contributed by atoms with E-state index < -0.39 is 11.7 Å². The number of halogens is 2. The van der Waals surface area contributed by atoms with Crippen LogP contribution >= 0.6 is 11.6 Å². The lowest BCUT2D eigenvalue weighted by Gasteiger charge is -2.20. The molecule has 0 spiro atoms. The zero-order chi connectivity index (χ0) is 18.1. The van der Waals surface area contributed by atoms with Gasteiger partial charge in [-0.1, -0.05) is 23.7 Å². The monoisotopic (exact) mass is 360 g/mol. The minimum Gasteiger partial charge on any atom is -0.323 e. The highest BCUT2D eigenvalue weighted by Gasteiger charge is 2.36. The van der Waals surface area contributed by atoms with Crippen LogP contribution in [0.5, 0.6) is 0 Å². The van der Waals surface area contributed by atoms with E-state index in [0.29, 0.717) is 0 Å². The van der Waals surface area contributed by atoms with Crippen molar-refractivity contribution in [2.75, 3.05) is 16.8 Å². The van der Waals surface area contributed by atoms with Crippen LogP contribution < -0.4 is 10.2 Å². The summed E-state index contributed by atoms with van der Waals surface area (Å²) in [4.78, 5) is 26.4. The number of nitrogens with zero attached hydrogens (tertiary/aromatic N) is 1. The van der Waals surface area contributed by atoms with Crippen LogP contribution in [-0.2, 0) is 9.59 Å². The molecule has 1 aliphatic rings. The summed E-state index contributed by atoms with van der Waals surface area (Å²) in [5.41, 5.74) is 2.98. The summed E-state index contributed by atoms with van der Waals surface area (Å²) in [6, 6.07) is 9.80. The Bertz CT molecular complexity index is 853. The summed E-state index contributed by atoms with van der Waals surface area (Å²) in [7, 11) is 0. The molecule has 2 aromatic rings. The molecule has 0 aromatic heterocycles. The van der Waals surface area contributed by atoms with E-state index in [0.717, 1.165) is 22.9 Å². The molecule has 1 aliphatic heterocycles. The molecule has 1 atom stereocenters. The van der Waals surface area contributed by atoms with Gasteiger partial charge in [-0.2, -0.15) is 0 Å². The third kappa shape index (κ3) is 3.51. The molecule has 25 heavy (non-hydrogen) atoms. The predicted octanol–water partition coefficient (Wildman–Crippen LogP) is 4.09. The quantitative estimate of drug-likeness (QED) is 0.896. The van der Waals surface area contributed by atoms with Gasteiger partial charge >= 0.3 is 0 Å². The largest absolute Gasteiger partial charge is 0.323 e. The highest BCUT2D eigenvalue weighted by atomic mass is 35.5. The fourth-order valence-corrected chi connectivity index (χ4v) is 3.13. The van der Waals surface area contributed by atoms with E-state index in [1.54, 1.807) is 4.90 Å². The zero-order valence-electron chi connectivity index (χ0n) is 14.0. The Morgan fingerprint density at radius 1 is 1.28 bits per heavy atom. The zero-order valence-corrected chi connectivity index (χ0v) is 14.7. The molecule has 1 N–H and O–H groups in total. The minimum absolute atomic E-state index is 0.0621. The minimum atomic E-state index is -0.600. The van der Waals surface area contributed by atoms with Gasteiger partial charge in [0.2, 0.25) is 11.8 Å². The molecule has 6 heteroatoms. The van der Waals surface area contributed by atoms with Gasteiger partial charge in [0.1, 0.15) is 5.82 Å². The van der Waals surface area contributed by atoms with Gasteiger partial charge in [0.05, 0.1) is 11.6 Å². The van der Waals surface area contributed by atoms with Crippen molar-refractivity contribution in [3.63, 3.8) is 0 Å². The molecule has 0 radical (unpaired) electrons. The molecule has 0 bridgehead atoms. The summed E-state index contributed by atoms with van der Waals surface area (Å²) in [5, 5.41) is 2.80. The summed E-state index contributed by atoms with van der Waals surface area (Å²) in [6.45, 7) is 4.21. The third-order valence-electron chi connectivity index (χ3n) is 4.55. The van der Waals surface area contributed by atoms with Crippen LogP contribution in [0.3, 0.4) is 0 Å². The summed E-state index contributed by atoms with van der Waals surface area (Å²) in [6.07, 6.45) is 0.106. The number of hydrogen-bond donors (Lipinski definition) is 1. The summed E-state index contributed by atoms with van der Waals surface area (Å²) in [5.74, 6) is -1.60. The molecule has 2 amide bonds. The lowest BCUT2D eigenvalue weighted by molar-refractivity contribution is -0.122. The standard InChI is InChI=1S/C19H18ClFN2O2/c1-11-4-3-5-17(12(11)2)23-10-13(8-18(23)24)19(25)22-16-7-6-14(20)9-15(16)21/h3-7,9,13H,8,10H2,1-2H3,(H,22,25)/t13-/m1/s1. The van der Waals surface area contributed by atoms with Gasteiger partial charge in [-0.3, -0.25) is 9.59 Å². The molecular weight excluding hydrogens is 343 g/mol. The number of aryl methyl sites for hydroxylation is 1. The number of rotatable bonds is 3. The maximum absolute atomic E-state index is 13.8. The highest BCUT2D eigenvalue weighted by Crippen LogP contribution is 2.30. The van der Waals surface area contributed by atoms with Crippen molar-refractivity contribution in [3.8, 4) is 0 Å². The second kappa shape index (κ2) is 6.84. The van der Waals surface area contributed by atoms with E-state index in [-0.39, 0.29) is 35.5 Å². The topological polar surface area (TPSA) is 49.4 Å². The Morgan fingerprint density at radius 2 is 2.04 bits per heavy atom. The predicted molar refractivity (Wildman–Crippen MR) is 96.4 cm³/mol. The first-order chi connectivity index (χ1) is 11.9. The maximum Gasteiger partial charge on any atom is 0.229 e. The molecule has 1 saturated heterocycles. The number of carbonyl (C=O) groups is 2. The molecule has 1 heterocycles. The molecule has 0 aliphatic carbocycles. The van der Waals surface area contributed by atoms with Crippen molar-refractivity contribution < 1.29 is 14.0 Å². The first kappa shape index (κ1) is 17.4. The molecule has 0 unspecified atom stereocenters. The van der Waals surface area contributed by atoms with E-state index in [1.165, 1.54) is 12.1 Å². The van der Waals surface area contributed by atoms with Gasteiger partial charge < -0.3 is 10.2 Å². The summed E-state index contributed by atoms with van der Waals surface area (Å²) >= 11 is 5.71. The average molecular weight is 361 g/mol. The second-order valence-electron chi connectivity index (χ2n) is 6.24. The number of carbonyl (C=O) groups excluding carboxylic acids is 2. The highest BCUT2D eigenvalue weighted by molar-refractivity contribution is 6.30. The Morgan fingerprint density at radius 3 is 2.76 bits per heavy atom. The Hall–Kier alpha value is -2.40. The fourth-order valence-electron chi connectivity index (χ4n) is 2.97. The Kier molecular flexibility index (Phi) is 4.77. The number of nitrogens with one attached hydrogen (secondary N) is 1. The van der Waals surface area contributed by atoms with Crippen molar-refractivity contribution in [1.29, 1.82) is 0 Å². The van der Waals surface area contributed by atoms with Gasteiger partial charge in [0, 0.05) is 23.7 Å². The number of hydrogen-bond acceptors (Lipinski definition) is 2. The first-order valence-electron chi connectivity index (χ1n) is 7.99. The molecule has 4 nitrogen and oxygen atoms in total. The molecule has 0 saturated carbocycles. The van der Waals surface area contributed by atoms with Crippen molar-refractivity contribution in [1.82, 2.24) is 0 Å². The summed E-state index contributed by atoms with van der Waals surface area (Å²) < 4.78 is 13.8. The van der Waals surface area contributed by atoms with E-state index in [2.05, 4.69) is 5.32 Å². The van der Waals surface area contributed by atoms with E-state index >= 15 is 0 Å². The smallest absolute Gasteiger partial charge is 0.229 e. The molecule has 130 valence electrons. The van der Waals surface area contributed by atoms with Crippen LogP contribution in [0, 0.1) is 25.6 Å². The molecule has 3 rings (SSSR count). The Labute approximate surface area is 150 Å². The first-order valence-corrected chi connectivity index (χ1v) is 8.37. The lowest BCUT2D eigenvalue weighted by Crippen LogP contribution is -2.28. The second-order valence-corrected chi connectivity index (χ2v) is 6.67. The van der Waals surface area contributed by atoms with Crippen molar-refractivity contribution in [2.24, 2.45) is 5.92 Å².